The van der Waals surface area contributed by atoms with Crippen LogP contribution in [0.5, 0.6) is 5.75 Å². The third kappa shape index (κ3) is 4.46. The summed E-state index contributed by atoms with van der Waals surface area (Å²) in [5.74, 6) is 1.02. The lowest BCUT2D eigenvalue weighted by Crippen LogP contribution is -2.27. The third-order valence-electron chi connectivity index (χ3n) is 4.44. The highest BCUT2D eigenvalue weighted by Crippen LogP contribution is 2.21. The quantitative estimate of drug-likeness (QED) is 0.354. The van der Waals surface area contributed by atoms with E-state index in [0.29, 0.717) is 18.1 Å². The molecule has 0 aliphatic carbocycles. The minimum Gasteiger partial charge on any atom is -0.486 e. The number of hydrogen-bond acceptors (Lipinski definition) is 6. The summed E-state index contributed by atoms with van der Waals surface area (Å²) in [6.45, 7) is 0.752. The van der Waals surface area contributed by atoms with Crippen LogP contribution < -0.4 is 10.1 Å². The molecule has 0 radical (unpaired) electrons. The Hall–Kier alpha value is -4.14. The fourth-order valence-electron chi connectivity index (χ4n) is 2.93. The first kappa shape index (κ1) is 19.2. The van der Waals surface area contributed by atoms with E-state index in [9.17, 15) is 14.9 Å². The normalized spacial score (nSPS) is 10.8. The largest absolute Gasteiger partial charge is 0.486 e. The Bertz CT molecular complexity index is 1200. The second kappa shape index (κ2) is 8.48. The second-order valence-electron chi connectivity index (χ2n) is 6.54. The van der Waals surface area contributed by atoms with Gasteiger partial charge in [-0.2, -0.15) is 5.10 Å². The lowest BCUT2D eigenvalue weighted by atomic mass is 10.1. The van der Waals surface area contributed by atoms with Crippen molar-refractivity contribution in [1.82, 2.24) is 15.1 Å². The second-order valence-corrected chi connectivity index (χ2v) is 6.54. The summed E-state index contributed by atoms with van der Waals surface area (Å²) in [7, 11) is 0. The average Bonchev–Trinajstić information content (AvgIpc) is 3.42. The molecule has 9 nitrogen and oxygen atoms in total. The molecule has 9 heteroatoms. The van der Waals surface area contributed by atoms with Gasteiger partial charge < -0.3 is 14.5 Å². The van der Waals surface area contributed by atoms with Gasteiger partial charge in [0.2, 0.25) is 0 Å². The van der Waals surface area contributed by atoms with Crippen molar-refractivity contribution in [3.05, 3.63) is 88.6 Å². The Kier molecular flexibility index (Phi) is 5.42. The molecular weight excluding hydrogens is 388 g/mol. The van der Waals surface area contributed by atoms with E-state index in [1.165, 1.54) is 10.9 Å². The van der Waals surface area contributed by atoms with Crippen molar-refractivity contribution in [2.45, 2.75) is 13.2 Å². The van der Waals surface area contributed by atoms with Crippen LogP contribution in [0.1, 0.15) is 16.3 Å². The maximum atomic E-state index is 12.2. The highest BCUT2D eigenvalue weighted by Gasteiger charge is 2.12. The van der Waals surface area contributed by atoms with Crippen LogP contribution in [0.4, 0.5) is 5.69 Å². The number of rotatable bonds is 8. The summed E-state index contributed by atoms with van der Waals surface area (Å²) >= 11 is 0. The number of nitrogens with zero attached hydrogens (tertiary/aromatic N) is 3. The van der Waals surface area contributed by atoms with Gasteiger partial charge in [-0.25, -0.2) is 0 Å². The first-order chi connectivity index (χ1) is 14.6. The average molecular weight is 406 g/mol. The number of aromatic nitrogens is 2. The molecule has 0 aliphatic rings. The number of benzene rings is 2. The summed E-state index contributed by atoms with van der Waals surface area (Å²) in [5.41, 5.74) is -0.0941. The number of carbonyl (C=O) groups is 1. The van der Waals surface area contributed by atoms with Crippen LogP contribution >= 0.6 is 0 Å². The van der Waals surface area contributed by atoms with Crippen LogP contribution in [0.15, 0.2) is 71.4 Å². The summed E-state index contributed by atoms with van der Waals surface area (Å²) in [5, 5.41) is 19.4. The minimum absolute atomic E-state index is 0.0941. The van der Waals surface area contributed by atoms with Gasteiger partial charge in [-0.15, -0.1) is 0 Å². The molecule has 0 saturated carbocycles. The molecule has 1 N–H and O–H groups in total. The van der Waals surface area contributed by atoms with E-state index >= 15 is 0 Å². The van der Waals surface area contributed by atoms with Gasteiger partial charge in [0.1, 0.15) is 30.5 Å². The van der Waals surface area contributed by atoms with E-state index in [1.54, 1.807) is 12.1 Å². The third-order valence-corrected chi connectivity index (χ3v) is 4.44. The molecule has 0 fully saturated rings. The van der Waals surface area contributed by atoms with E-state index in [2.05, 4.69) is 10.4 Å². The molecule has 0 aliphatic heterocycles. The highest BCUT2D eigenvalue weighted by molar-refractivity contribution is 5.91. The molecular formula is C21H18N4O5. The molecule has 30 heavy (non-hydrogen) atoms. The maximum absolute atomic E-state index is 12.2. The van der Waals surface area contributed by atoms with Gasteiger partial charge in [-0.3, -0.25) is 19.6 Å². The maximum Gasteiger partial charge on any atom is 0.306 e. The zero-order valence-electron chi connectivity index (χ0n) is 15.9. The van der Waals surface area contributed by atoms with Crippen molar-refractivity contribution in [1.29, 1.82) is 0 Å². The number of amides is 1. The fraction of sp³-hybridized carbons (Fsp3) is 0.143. The molecule has 152 valence electrons. The monoisotopic (exact) mass is 406 g/mol. The molecule has 0 bridgehead atoms. The van der Waals surface area contributed by atoms with Crippen LogP contribution in [0.3, 0.4) is 0 Å². The smallest absolute Gasteiger partial charge is 0.306 e. The molecule has 2 aromatic heterocycles. The first-order valence-corrected chi connectivity index (χ1v) is 9.24. The number of nitrogens with one attached hydrogen (secondary N) is 1. The van der Waals surface area contributed by atoms with Crippen LogP contribution in [-0.4, -0.2) is 27.2 Å². The molecule has 0 unspecified atom stereocenters. The van der Waals surface area contributed by atoms with Gasteiger partial charge in [-0.05, 0) is 35.0 Å². The topological polar surface area (TPSA) is 112 Å². The predicted octanol–water partition coefficient (Wildman–Crippen LogP) is 3.55. The number of hydrogen-bond donors (Lipinski definition) is 1. The molecule has 2 heterocycles. The Balaban J connectivity index is 1.28. The number of ether oxygens (including phenoxy) is 1. The zero-order valence-corrected chi connectivity index (χ0v) is 15.9. The molecule has 0 spiro atoms. The number of furan rings is 1. The van der Waals surface area contributed by atoms with Crippen LogP contribution in [0.2, 0.25) is 0 Å². The van der Waals surface area contributed by atoms with E-state index in [-0.39, 0.29) is 30.5 Å². The van der Waals surface area contributed by atoms with E-state index in [4.69, 9.17) is 9.15 Å². The predicted molar refractivity (Wildman–Crippen MR) is 108 cm³/mol. The molecule has 0 saturated heterocycles. The molecule has 2 aromatic carbocycles. The summed E-state index contributed by atoms with van der Waals surface area (Å²) in [6, 6.07) is 17.1. The van der Waals surface area contributed by atoms with Gasteiger partial charge in [-0.1, -0.05) is 30.3 Å². The minimum atomic E-state index is -0.521. The van der Waals surface area contributed by atoms with Crippen molar-refractivity contribution in [3.8, 4) is 5.75 Å². The van der Waals surface area contributed by atoms with Crippen LogP contribution in [0.25, 0.3) is 10.8 Å². The summed E-state index contributed by atoms with van der Waals surface area (Å²) < 4.78 is 12.7. The van der Waals surface area contributed by atoms with Crippen LogP contribution in [-0.2, 0) is 13.2 Å². The Morgan fingerprint density at radius 3 is 2.80 bits per heavy atom. The molecule has 0 atom stereocenters. The number of fused-ring (bicyclic) bond motifs is 1. The number of carbonyl (C=O) groups excluding carboxylic acids is 1. The van der Waals surface area contributed by atoms with E-state index in [1.807, 2.05) is 42.5 Å². The molecule has 4 aromatic rings. The zero-order chi connectivity index (χ0) is 20.9. The van der Waals surface area contributed by atoms with E-state index < -0.39 is 4.92 Å². The van der Waals surface area contributed by atoms with Gasteiger partial charge in [0, 0.05) is 6.54 Å². The van der Waals surface area contributed by atoms with Gasteiger partial charge >= 0.3 is 5.69 Å². The van der Waals surface area contributed by atoms with Crippen molar-refractivity contribution < 1.29 is 18.9 Å². The van der Waals surface area contributed by atoms with Crippen molar-refractivity contribution in [2.24, 2.45) is 0 Å². The standard InChI is InChI=1S/C21H18N4O5/c26-21(22-9-10-24-13-17(12-23-24)25(27)28)20-8-7-19(30-20)14-29-18-6-5-15-3-1-2-4-16(15)11-18/h1-8,11-13H,9-10,14H2,(H,22,26). The van der Waals surface area contributed by atoms with E-state index in [0.717, 1.165) is 17.0 Å². The number of nitro groups is 1. The van der Waals surface area contributed by atoms with Crippen molar-refractivity contribution in [3.63, 3.8) is 0 Å². The van der Waals surface area contributed by atoms with Crippen LogP contribution in [0, 0.1) is 10.1 Å². The Morgan fingerprint density at radius 2 is 2.00 bits per heavy atom. The highest BCUT2D eigenvalue weighted by atomic mass is 16.6. The summed E-state index contributed by atoms with van der Waals surface area (Å²) in [4.78, 5) is 22.3. The SMILES string of the molecule is O=C(NCCn1cc([N+](=O)[O-])cn1)c1ccc(COc2ccc3ccccc3c2)o1. The summed E-state index contributed by atoms with van der Waals surface area (Å²) in [6.07, 6.45) is 2.47. The Morgan fingerprint density at radius 1 is 1.17 bits per heavy atom. The molecule has 4 rings (SSSR count). The molecule has 1 amide bonds. The lowest BCUT2D eigenvalue weighted by molar-refractivity contribution is -0.385. The van der Waals surface area contributed by atoms with Gasteiger partial charge in [0.25, 0.3) is 5.91 Å². The lowest BCUT2D eigenvalue weighted by Gasteiger charge is -2.06. The fourth-order valence-corrected chi connectivity index (χ4v) is 2.93. The van der Waals surface area contributed by atoms with Gasteiger partial charge in [0.15, 0.2) is 5.76 Å². The Labute approximate surface area is 171 Å². The van der Waals surface area contributed by atoms with Gasteiger partial charge in [0.05, 0.1) is 11.5 Å². The van der Waals surface area contributed by atoms with Crippen molar-refractivity contribution in [2.75, 3.05) is 6.54 Å². The first-order valence-electron chi connectivity index (χ1n) is 9.24. The van der Waals surface area contributed by atoms with Crippen molar-refractivity contribution >= 4 is 22.4 Å².